The van der Waals surface area contributed by atoms with Gasteiger partial charge in [-0.3, -0.25) is 10.1 Å². The molecule has 1 aromatic heterocycles. The first kappa shape index (κ1) is 17.5. The van der Waals surface area contributed by atoms with Gasteiger partial charge in [-0.1, -0.05) is 6.07 Å². The van der Waals surface area contributed by atoms with E-state index in [9.17, 15) is 14.0 Å². The van der Waals surface area contributed by atoms with Gasteiger partial charge in [0.2, 0.25) is 0 Å². The number of furan rings is 1. The molecule has 0 fully saturated rings. The average molecular weight is 334 g/mol. The molecular formula is C17H19FN2O4. The number of rotatable bonds is 3. The maximum Gasteiger partial charge on any atom is 0.412 e. The van der Waals surface area contributed by atoms with Crippen molar-refractivity contribution in [2.75, 3.05) is 10.6 Å². The molecule has 0 aliphatic rings. The Morgan fingerprint density at radius 1 is 1.17 bits per heavy atom. The van der Waals surface area contributed by atoms with E-state index in [0.717, 1.165) is 0 Å². The zero-order chi connectivity index (χ0) is 17.9. The van der Waals surface area contributed by atoms with Gasteiger partial charge in [0.1, 0.15) is 22.9 Å². The molecule has 2 N–H and O–H groups in total. The molecule has 1 aromatic carbocycles. The Balaban J connectivity index is 2.22. The number of nitrogens with one attached hydrogen (secondary N) is 2. The first-order valence-electron chi connectivity index (χ1n) is 7.31. The third-order valence-corrected chi connectivity index (χ3v) is 2.99. The minimum absolute atomic E-state index is 0.0961. The summed E-state index contributed by atoms with van der Waals surface area (Å²) in [5.74, 6) is -0.817. The molecule has 1 heterocycles. The summed E-state index contributed by atoms with van der Waals surface area (Å²) in [6.07, 6.45) is 0.619. The third kappa shape index (κ3) is 4.34. The molecule has 24 heavy (non-hydrogen) atoms. The number of halogens is 1. The van der Waals surface area contributed by atoms with Gasteiger partial charge in [0.25, 0.3) is 5.91 Å². The summed E-state index contributed by atoms with van der Waals surface area (Å²) in [7, 11) is 0. The highest BCUT2D eigenvalue weighted by molar-refractivity contribution is 6.07. The Morgan fingerprint density at radius 2 is 1.88 bits per heavy atom. The molecule has 0 radical (unpaired) electrons. The van der Waals surface area contributed by atoms with Gasteiger partial charge in [0.15, 0.2) is 0 Å². The van der Waals surface area contributed by atoms with Gasteiger partial charge < -0.3 is 14.5 Å². The van der Waals surface area contributed by atoms with Gasteiger partial charge in [-0.25, -0.2) is 9.18 Å². The van der Waals surface area contributed by atoms with Crippen molar-refractivity contribution in [3.8, 4) is 0 Å². The molecule has 0 bridgehead atoms. The second-order valence-electron chi connectivity index (χ2n) is 6.13. The number of amides is 2. The summed E-state index contributed by atoms with van der Waals surface area (Å²) in [6, 6.07) is 5.54. The van der Waals surface area contributed by atoms with Crippen molar-refractivity contribution in [2.24, 2.45) is 0 Å². The largest absolute Gasteiger partial charge is 0.469 e. The second-order valence-corrected chi connectivity index (χ2v) is 6.13. The number of aryl methyl sites for hydroxylation is 1. The van der Waals surface area contributed by atoms with E-state index in [1.165, 1.54) is 30.5 Å². The Kier molecular flexibility index (Phi) is 4.92. The number of hydrogen-bond acceptors (Lipinski definition) is 4. The van der Waals surface area contributed by atoms with Crippen LogP contribution in [0.2, 0.25) is 0 Å². The van der Waals surface area contributed by atoms with E-state index in [0.29, 0.717) is 5.76 Å². The molecule has 0 saturated carbocycles. The van der Waals surface area contributed by atoms with E-state index < -0.39 is 23.4 Å². The average Bonchev–Trinajstić information content (AvgIpc) is 2.86. The maximum atomic E-state index is 14.1. The Bertz CT molecular complexity index is 762. The van der Waals surface area contributed by atoms with Crippen molar-refractivity contribution in [2.45, 2.75) is 33.3 Å². The summed E-state index contributed by atoms with van der Waals surface area (Å²) in [5.41, 5.74) is -0.469. The number of hydrogen-bond donors (Lipinski definition) is 2. The Labute approximate surface area is 139 Å². The summed E-state index contributed by atoms with van der Waals surface area (Å²) < 4.78 is 24.3. The fraction of sp³-hybridized carbons (Fsp3) is 0.294. The lowest BCUT2D eigenvalue weighted by atomic mass is 10.2. The molecule has 2 rings (SSSR count). The van der Waals surface area contributed by atoms with E-state index in [1.807, 2.05) is 0 Å². The first-order chi connectivity index (χ1) is 11.2. The number of para-hydroxylation sites is 1. The van der Waals surface area contributed by atoms with E-state index in [1.54, 1.807) is 27.7 Å². The number of anilines is 2. The molecule has 0 saturated heterocycles. The van der Waals surface area contributed by atoms with Crippen LogP contribution in [0, 0.1) is 12.7 Å². The molecule has 0 aliphatic carbocycles. The van der Waals surface area contributed by atoms with Gasteiger partial charge in [-0.05, 0) is 45.9 Å². The fourth-order valence-electron chi connectivity index (χ4n) is 1.97. The third-order valence-electron chi connectivity index (χ3n) is 2.99. The smallest absolute Gasteiger partial charge is 0.412 e. The van der Waals surface area contributed by atoms with Crippen LogP contribution in [0.5, 0.6) is 0 Å². The fourth-order valence-corrected chi connectivity index (χ4v) is 1.97. The minimum atomic E-state index is -0.747. The van der Waals surface area contributed by atoms with Crippen molar-refractivity contribution < 1.29 is 23.1 Å². The molecule has 6 nitrogen and oxygen atoms in total. The van der Waals surface area contributed by atoms with Crippen LogP contribution in [0.25, 0.3) is 0 Å². The highest BCUT2D eigenvalue weighted by Crippen LogP contribution is 2.26. The molecule has 0 atom stereocenters. The van der Waals surface area contributed by atoms with Crippen LogP contribution in [0.4, 0.5) is 20.6 Å². The summed E-state index contributed by atoms with van der Waals surface area (Å²) in [4.78, 5) is 24.1. The predicted molar refractivity (Wildman–Crippen MR) is 87.7 cm³/mol. The number of ether oxygens (including phenoxy) is 1. The topological polar surface area (TPSA) is 80.6 Å². The highest BCUT2D eigenvalue weighted by atomic mass is 19.1. The van der Waals surface area contributed by atoms with Crippen LogP contribution in [0.15, 0.2) is 34.9 Å². The molecule has 2 amide bonds. The molecule has 0 aliphatic heterocycles. The van der Waals surface area contributed by atoms with Crippen molar-refractivity contribution in [1.29, 1.82) is 0 Å². The Hall–Kier alpha value is -2.83. The quantitative estimate of drug-likeness (QED) is 0.875. The zero-order valence-corrected chi connectivity index (χ0v) is 13.9. The van der Waals surface area contributed by atoms with Crippen LogP contribution < -0.4 is 10.6 Å². The highest BCUT2D eigenvalue weighted by Gasteiger charge is 2.20. The van der Waals surface area contributed by atoms with E-state index >= 15 is 0 Å². The van der Waals surface area contributed by atoms with E-state index in [4.69, 9.17) is 9.15 Å². The zero-order valence-electron chi connectivity index (χ0n) is 13.9. The predicted octanol–water partition coefficient (Wildman–Crippen LogP) is 4.33. The lowest BCUT2D eigenvalue weighted by Crippen LogP contribution is -2.27. The monoisotopic (exact) mass is 334 g/mol. The van der Waals surface area contributed by atoms with Crippen LogP contribution in [-0.4, -0.2) is 17.6 Å². The first-order valence-corrected chi connectivity index (χ1v) is 7.31. The van der Waals surface area contributed by atoms with Crippen LogP contribution >= 0.6 is 0 Å². The van der Waals surface area contributed by atoms with Crippen molar-refractivity contribution in [1.82, 2.24) is 0 Å². The molecule has 0 unspecified atom stereocenters. The lowest BCUT2D eigenvalue weighted by Gasteiger charge is -2.20. The summed E-state index contributed by atoms with van der Waals surface area (Å²) >= 11 is 0. The van der Waals surface area contributed by atoms with E-state index in [-0.39, 0.29) is 16.9 Å². The molecular weight excluding hydrogens is 315 g/mol. The molecule has 7 heteroatoms. The molecule has 128 valence electrons. The van der Waals surface area contributed by atoms with Crippen LogP contribution in [0.3, 0.4) is 0 Å². The Morgan fingerprint density at radius 3 is 2.46 bits per heavy atom. The van der Waals surface area contributed by atoms with Gasteiger partial charge >= 0.3 is 6.09 Å². The van der Waals surface area contributed by atoms with Gasteiger partial charge in [-0.2, -0.15) is 0 Å². The van der Waals surface area contributed by atoms with Crippen molar-refractivity contribution in [3.05, 3.63) is 47.7 Å². The normalized spacial score (nSPS) is 11.0. The number of carbonyl (C=O) groups is 2. The van der Waals surface area contributed by atoms with E-state index in [2.05, 4.69) is 10.6 Å². The van der Waals surface area contributed by atoms with Gasteiger partial charge in [0.05, 0.1) is 17.5 Å². The van der Waals surface area contributed by atoms with Crippen molar-refractivity contribution in [3.63, 3.8) is 0 Å². The van der Waals surface area contributed by atoms with Gasteiger partial charge in [-0.15, -0.1) is 0 Å². The summed E-state index contributed by atoms with van der Waals surface area (Å²) in [6.45, 7) is 6.75. The molecule has 0 spiro atoms. The standard InChI is InChI=1S/C17H19FN2O4/c1-10-11(8-9-23-10)15(21)20-14-12(18)6-5-7-13(14)19-16(22)24-17(2,3)4/h5-9H,1-4H3,(H,19,22)(H,20,21). The van der Waals surface area contributed by atoms with Crippen LogP contribution in [0.1, 0.15) is 36.9 Å². The minimum Gasteiger partial charge on any atom is -0.469 e. The van der Waals surface area contributed by atoms with Crippen molar-refractivity contribution >= 4 is 23.4 Å². The van der Waals surface area contributed by atoms with Gasteiger partial charge in [0, 0.05) is 0 Å². The SMILES string of the molecule is Cc1occc1C(=O)Nc1c(F)cccc1NC(=O)OC(C)(C)C. The molecule has 2 aromatic rings. The second kappa shape index (κ2) is 6.74. The number of benzene rings is 1. The lowest BCUT2D eigenvalue weighted by molar-refractivity contribution is 0.0635. The van der Waals surface area contributed by atoms with Crippen LogP contribution in [-0.2, 0) is 4.74 Å². The number of carbonyl (C=O) groups excluding carboxylic acids is 2. The summed E-state index contributed by atoms with van der Waals surface area (Å²) in [5, 5.41) is 4.88. The maximum absolute atomic E-state index is 14.1.